The number of carboxylic acids is 1. The number of thiophene rings is 1. The van der Waals surface area contributed by atoms with Crippen LogP contribution in [0.25, 0.3) is 10.9 Å². The maximum absolute atomic E-state index is 12.0. The smallest absolute Gasteiger partial charge is 0.371 e. The molecular formula is C20H15N3O4S. The second-order valence-corrected chi connectivity index (χ2v) is 6.92. The van der Waals surface area contributed by atoms with Gasteiger partial charge in [-0.25, -0.2) is 10.2 Å². The van der Waals surface area contributed by atoms with Gasteiger partial charge in [-0.05, 0) is 29.6 Å². The Bertz CT molecular complexity index is 1170. The lowest BCUT2D eigenvalue weighted by atomic mass is 10.2. The van der Waals surface area contributed by atoms with Crippen LogP contribution in [-0.4, -0.2) is 27.8 Å². The van der Waals surface area contributed by atoms with Gasteiger partial charge in [0.1, 0.15) is 5.76 Å². The molecule has 140 valence electrons. The number of carbonyl (C=O) groups is 2. The number of hydrogen-bond acceptors (Lipinski definition) is 5. The molecule has 4 aromatic rings. The molecule has 0 spiro atoms. The van der Waals surface area contributed by atoms with Gasteiger partial charge in [-0.3, -0.25) is 4.79 Å². The first kappa shape index (κ1) is 17.7. The number of benzene rings is 1. The number of aromatic nitrogens is 1. The van der Waals surface area contributed by atoms with E-state index < -0.39 is 5.97 Å². The highest BCUT2D eigenvalue weighted by Crippen LogP contribution is 2.22. The van der Waals surface area contributed by atoms with Crippen molar-refractivity contribution in [2.75, 3.05) is 0 Å². The number of rotatable bonds is 6. The van der Waals surface area contributed by atoms with E-state index in [0.29, 0.717) is 17.2 Å². The normalized spacial score (nSPS) is 11.3. The van der Waals surface area contributed by atoms with E-state index in [1.165, 1.54) is 17.4 Å². The molecule has 28 heavy (non-hydrogen) atoms. The monoisotopic (exact) mass is 393 g/mol. The molecule has 0 unspecified atom stereocenters. The number of amides is 1. The molecule has 0 saturated carbocycles. The molecule has 3 aromatic heterocycles. The predicted molar refractivity (Wildman–Crippen MR) is 106 cm³/mol. The Hall–Kier alpha value is -3.65. The van der Waals surface area contributed by atoms with E-state index in [4.69, 9.17) is 9.52 Å². The number of nitrogens with one attached hydrogen (secondary N) is 1. The average molecular weight is 393 g/mol. The van der Waals surface area contributed by atoms with Gasteiger partial charge in [0, 0.05) is 22.7 Å². The number of para-hydroxylation sites is 1. The number of furan rings is 1. The van der Waals surface area contributed by atoms with Crippen molar-refractivity contribution in [3.8, 4) is 0 Å². The van der Waals surface area contributed by atoms with Crippen LogP contribution in [0, 0.1) is 0 Å². The van der Waals surface area contributed by atoms with Gasteiger partial charge in [-0.15, -0.1) is 11.3 Å². The summed E-state index contributed by atoms with van der Waals surface area (Å²) in [5, 5.41) is 15.9. The highest BCUT2D eigenvalue weighted by molar-refractivity contribution is 7.12. The summed E-state index contributed by atoms with van der Waals surface area (Å²) in [6.07, 6.45) is 3.48. The minimum Gasteiger partial charge on any atom is -0.475 e. The van der Waals surface area contributed by atoms with Crippen LogP contribution in [0.4, 0.5) is 0 Å². The van der Waals surface area contributed by atoms with Gasteiger partial charge in [0.2, 0.25) is 5.76 Å². The summed E-state index contributed by atoms with van der Waals surface area (Å²) in [7, 11) is 0. The Morgan fingerprint density at radius 1 is 1.18 bits per heavy atom. The first-order valence-corrected chi connectivity index (χ1v) is 9.26. The minimum absolute atomic E-state index is 0.0930. The molecule has 0 radical (unpaired) electrons. The molecular weight excluding hydrogens is 378 g/mol. The fourth-order valence-electron chi connectivity index (χ4n) is 2.88. The van der Waals surface area contributed by atoms with Crippen molar-refractivity contribution >= 4 is 40.3 Å². The maximum Gasteiger partial charge on any atom is 0.371 e. The number of hydrazone groups is 1. The second-order valence-electron chi connectivity index (χ2n) is 5.98. The third-order valence-corrected chi connectivity index (χ3v) is 5.00. The Labute approximate surface area is 163 Å². The van der Waals surface area contributed by atoms with E-state index in [2.05, 4.69) is 10.5 Å². The Morgan fingerprint density at radius 3 is 2.79 bits per heavy atom. The molecule has 0 atom stereocenters. The Kier molecular flexibility index (Phi) is 4.77. The van der Waals surface area contributed by atoms with Gasteiger partial charge in [0.05, 0.1) is 17.6 Å². The molecule has 0 aliphatic carbocycles. The molecule has 3 heterocycles. The van der Waals surface area contributed by atoms with Gasteiger partial charge in [-0.1, -0.05) is 24.3 Å². The largest absolute Gasteiger partial charge is 0.475 e. The van der Waals surface area contributed by atoms with E-state index >= 15 is 0 Å². The lowest BCUT2D eigenvalue weighted by Gasteiger charge is -2.02. The molecule has 7 nitrogen and oxygen atoms in total. The van der Waals surface area contributed by atoms with Crippen LogP contribution in [-0.2, 0) is 6.54 Å². The average Bonchev–Trinajstić information content (AvgIpc) is 3.43. The molecule has 0 saturated heterocycles. The molecule has 0 fully saturated rings. The maximum atomic E-state index is 12.0. The Balaban J connectivity index is 1.58. The molecule has 8 heteroatoms. The van der Waals surface area contributed by atoms with Crippen molar-refractivity contribution in [1.29, 1.82) is 0 Å². The van der Waals surface area contributed by atoms with Crippen LogP contribution in [0.3, 0.4) is 0 Å². The van der Waals surface area contributed by atoms with Crippen LogP contribution in [0.2, 0.25) is 0 Å². The lowest BCUT2D eigenvalue weighted by molar-refractivity contribution is 0.0660. The first-order chi connectivity index (χ1) is 13.6. The summed E-state index contributed by atoms with van der Waals surface area (Å²) >= 11 is 1.35. The molecule has 4 rings (SSSR count). The van der Waals surface area contributed by atoms with Crippen LogP contribution in [0.1, 0.15) is 31.6 Å². The fraction of sp³-hybridized carbons (Fsp3) is 0.0500. The van der Waals surface area contributed by atoms with Crippen LogP contribution < -0.4 is 5.43 Å². The van der Waals surface area contributed by atoms with Crippen molar-refractivity contribution in [2.24, 2.45) is 5.10 Å². The third-order valence-electron chi connectivity index (χ3n) is 4.13. The molecule has 1 amide bonds. The molecule has 1 aromatic carbocycles. The number of nitrogens with zero attached hydrogens (tertiary/aromatic N) is 2. The SMILES string of the molecule is O=C(O)c1ccc(Cn2cc(/C=N/NC(=O)c3cccs3)c3ccccc32)o1. The van der Waals surface area contributed by atoms with Crippen molar-refractivity contribution in [3.63, 3.8) is 0 Å². The summed E-state index contributed by atoms with van der Waals surface area (Å²) in [6.45, 7) is 0.378. The van der Waals surface area contributed by atoms with Gasteiger partial charge in [-0.2, -0.15) is 5.10 Å². The number of carbonyl (C=O) groups excluding carboxylic acids is 1. The van der Waals surface area contributed by atoms with Crippen LogP contribution in [0.5, 0.6) is 0 Å². The molecule has 0 aliphatic rings. The summed E-state index contributed by atoms with van der Waals surface area (Å²) in [5.74, 6) is -0.915. The number of carboxylic acid groups (broad SMARTS) is 1. The van der Waals surface area contributed by atoms with E-state index in [-0.39, 0.29) is 11.7 Å². The zero-order valence-corrected chi connectivity index (χ0v) is 15.3. The summed E-state index contributed by atoms with van der Waals surface area (Å²) in [6, 6.07) is 14.4. The van der Waals surface area contributed by atoms with Gasteiger partial charge >= 0.3 is 5.97 Å². The Morgan fingerprint density at radius 2 is 2.04 bits per heavy atom. The molecule has 0 bridgehead atoms. The topological polar surface area (TPSA) is 96.8 Å². The predicted octanol–water partition coefficient (Wildman–Crippen LogP) is 3.81. The molecule has 0 aliphatic heterocycles. The minimum atomic E-state index is -1.10. The van der Waals surface area contributed by atoms with Crippen LogP contribution >= 0.6 is 11.3 Å². The van der Waals surface area contributed by atoms with Crippen molar-refractivity contribution in [1.82, 2.24) is 9.99 Å². The van der Waals surface area contributed by atoms with Crippen molar-refractivity contribution < 1.29 is 19.1 Å². The summed E-state index contributed by atoms with van der Waals surface area (Å²) in [4.78, 5) is 23.6. The van der Waals surface area contributed by atoms with Gasteiger partial charge in [0.25, 0.3) is 5.91 Å². The van der Waals surface area contributed by atoms with Crippen LogP contribution in [0.15, 0.2) is 69.6 Å². The first-order valence-electron chi connectivity index (χ1n) is 8.38. The zero-order chi connectivity index (χ0) is 19.5. The van der Waals surface area contributed by atoms with Crippen molar-refractivity contribution in [3.05, 3.63) is 82.1 Å². The highest BCUT2D eigenvalue weighted by Gasteiger charge is 2.12. The summed E-state index contributed by atoms with van der Waals surface area (Å²) in [5.41, 5.74) is 4.29. The molecule has 2 N–H and O–H groups in total. The highest BCUT2D eigenvalue weighted by atomic mass is 32.1. The standard InChI is InChI=1S/C20H15N3O4S/c24-19(18-6-3-9-28-18)22-21-10-13-11-23(16-5-2-1-4-15(13)16)12-14-7-8-17(27-14)20(25)26/h1-11H,12H2,(H,22,24)(H,25,26)/b21-10+. The van der Waals surface area contributed by atoms with Gasteiger partial charge in [0.15, 0.2) is 0 Å². The second kappa shape index (κ2) is 7.53. The fourth-order valence-corrected chi connectivity index (χ4v) is 3.49. The number of fused-ring (bicyclic) bond motifs is 1. The van der Waals surface area contributed by atoms with Gasteiger partial charge < -0.3 is 14.1 Å². The van der Waals surface area contributed by atoms with Crippen molar-refractivity contribution in [2.45, 2.75) is 6.54 Å². The quantitative estimate of drug-likeness (QED) is 0.385. The third kappa shape index (κ3) is 3.58. The lowest BCUT2D eigenvalue weighted by Crippen LogP contribution is -2.16. The van der Waals surface area contributed by atoms with E-state index in [0.717, 1.165) is 16.5 Å². The number of hydrogen-bond donors (Lipinski definition) is 2. The zero-order valence-electron chi connectivity index (χ0n) is 14.5. The summed E-state index contributed by atoms with van der Waals surface area (Å²) < 4.78 is 7.30. The van der Waals surface area contributed by atoms with E-state index in [9.17, 15) is 9.59 Å². The van der Waals surface area contributed by atoms with E-state index in [1.54, 1.807) is 24.4 Å². The van der Waals surface area contributed by atoms with E-state index in [1.807, 2.05) is 40.4 Å². The number of aromatic carboxylic acids is 1.